The lowest BCUT2D eigenvalue weighted by atomic mass is 10.1. The van der Waals surface area contributed by atoms with E-state index in [1.807, 2.05) is 13.0 Å². The Morgan fingerprint density at radius 1 is 1.33 bits per heavy atom. The lowest BCUT2D eigenvalue weighted by Crippen LogP contribution is -2.29. The first-order chi connectivity index (χ1) is 9.56. The van der Waals surface area contributed by atoms with E-state index in [1.54, 1.807) is 12.1 Å². The van der Waals surface area contributed by atoms with E-state index in [1.165, 1.54) is 12.8 Å². The van der Waals surface area contributed by atoms with Crippen molar-refractivity contribution in [1.29, 1.82) is 0 Å². The zero-order chi connectivity index (χ0) is 14.5. The van der Waals surface area contributed by atoms with Crippen LogP contribution in [0, 0.1) is 6.92 Å². The molecule has 1 aliphatic rings. The Bertz CT molecular complexity index is 509. The maximum atomic E-state index is 11.8. The van der Waals surface area contributed by atoms with Gasteiger partial charge in [-0.05, 0) is 50.3 Å². The van der Waals surface area contributed by atoms with Crippen molar-refractivity contribution in [1.82, 2.24) is 5.32 Å². The third-order valence-electron chi connectivity index (χ3n) is 3.45. The van der Waals surface area contributed by atoms with Crippen LogP contribution in [0.4, 0.5) is 0 Å². The van der Waals surface area contributed by atoms with Gasteiger partial charge in [0, 0.05) is 5.56 Å². The molecular weight excluding hydrogens is 274 g/mol. The van der Waals surface area contributed by atoms with E-state index in [2.05, 4.69) is 5.32 Å². The Kier molecular flexibility index (Phi) is 6.17. The van der Waals surface area contributed by atoms with Gasteiger partial charge in [-0.3, -0.25) is 9.59 Å². The number of hydrogen-bond donors (Lipinski definition) is 2. The summed E-state index contributed by atoms with van der Waals surface area (Å²) in [5, 5.41) is 10.9. The van der Waals surface area contributed by atoms with E-state index < -0.39 is 11.9 Å². The molecule has 0 heterocycles. The van der Waals surface area contributed by atoms with Gasteiger partial charge in [0.2, 0.25) is 0 Å². The molecule has 1 aliphatic carbocycles. The fourth-order valence-corrected chi connectivity index (χ4v) is 2.31. The molecule has 0 saturated heterocycles. The Labute approximate surface area is 123 Å². The van der Waals surface area contributed by atoms with Crippen molar-refractivity contribution in [3.05, 3.63) is 29.3 Å². The van der Waals surface area contributed by atoms with Gasteiger partial charge >= 0.3 is 5.97 Å². The van der Waals surface area contributed by atoms with Crippen LogP contribution >= 0.6 is 0 Å². The highest BCUT2D eigenvalue weighted by Crippen LogP contribution is 2.27. The van der Waals surface area contributed by atoms with Crippen LogP contribution in [0.25, 0.3) is 0 Å². The Morgan fingerprint density at radius 3 is 2.62 bits per heavy atom. The van der Waals surface area contributed by atoms with E-state index in [9.17, 15) is 9.59 Å². The van der Waals surface area contributed by atoms with Gasteiger partial charge < -0.3 is 20.6 Å². The first kappa shape index (κ1) is 17.0. The van der Waals surface area contributed by atoms with Gasteiger partial charge in [-0.1, -0.05) is 6.07 Å². The predicted molar refractivity (Wildman–Crippen MR) is 77.6 cm³/mol. The van der Waals surface area contributed by atoms with Gasteiger partial charge in [-0.25, -0.2) is 0 Å². The van der Waals surface area contributed by atoms with Crippen LogP contribution in [0.2, 0.25) is 0 Å². The lowest BCUT2D eigenvalue weighted by molar-refractivity contribution is -0.135. The molecule has 0 bridgehead atoms. The van der Waals surface area contributed by atoms with Gasteiger partial charge in [-0.2, -0.15) is 0 Å². The third-order valence-corrected chi connectivity index (χ3v) is 3.45. The molecule has 2 rings (SSSR count). The maximum absolute atomic E-state index is 11.8. The van der Waals surface area contributed by atoms with E-state index >= 15 is 0 Å². The molecule has 4 N–H and O–H groups in total. The van der Waals surface area contributed by atoms with Crippen molar-refractivity contribution in [3.8, 4) is 5.75 Å². The summed E-state index contributed by atoms with van der Waals surface area (Å²) < 4.78 is 5.93. The first-order valence-electron chi connectivity index (χ1n) is 6.83. The Balaban J connectivity index is 0.00000220. The quantitative estimate of drug-likeness (QED) is 0.853. The first-order valence-corrected chi connectivity index (χ1v) is 6.83. The van der Waals surface area contributed by atoms with E-state index in [0.717, 1.165) is 18.4 Å². The highest BCUT2D eigenvalue weighted by molar-refractivity contribution is 5.96. The summed E-state index contributed by atoms with van der Waals surface area (Å²) in [5.74, 6) is -0.753. The van der Waals surface area contributed by atoms with E-state index in [4.69, 9.17) is 9.84 Å². The molecule has 1 fully saturated rings. The maximum Gasteiger partial charge on any atom is 0.322 e. The van der Waals surface area contributed by atoms with Gasteiger partial charge in [0.15, 0.2) is 0 Å². The highest BCUT2D eigenvalue weighted by Gasteiger charge is 2.18. The average molecular weight is 295 g/mol. The average Bonchev–Trinajstić information content (AvgIpc) is 2.91. The van der Waals surface area contributed by atoms with Crippen molar-refractivity contribution in [3.63, 3.8) is 0 Å². The van der Waals surface area contributed by atoms with Crippen LogP contribution in [0.15, 0.2) is 18.2 Å². The summed E-state index contributed by atoms with van der Waals surface area (Å²) in [7, 11) is 0. The summed E-state index contributed by atoms with van der Waals surface area (Å²) in [4.78, 5) is 22.3. The smallest absolute Gasteiger partial charge is 0.322 e. The molecule has 6 nitrogen and oxygen atoms in total. The second kappa shape index (κ2) is 7.64. The molecule has 21 heavy (non-hydrogen) atoms. The van der Waals surface area contributed by atoms with Crippen molar-refractivity contribution in [2.45, 2.75) is 38.7 Å². The number of aryl methyl sites for hydroxylation is 1. The SMILES string of the molecule is Cc1ccc(C(=O)NCC(=O)O)cc1OC1CCCC1.O. The molecule has 116 valence electrons. The fourth-order valence-electron chi connectivity index (χ4n) is 2.31. The number of benzene rings is 1. The Morgan fingerprint density at radius 2 is 2.00 bits per heavy atom. The minimum atomic E-state index is -1.06. The molecule has 1 saturated carbocycles. The normalized spacial score (nSPS) is 14.3. The monoisotopic (exact) mass is 295 g/mol. The number of hydrogen-bond acceptors (Lipinski definition) is 3. The summed E-state index contributed by atoms with van der Waals surface area (Å²) in [6.45, 7) is 1.55. The van der Waals surface area contributed by atoms with Crippen LogP contribution in [0.3, 0.4) is 0 Å². The number of carboxylic acid groups (broad SMARTS) is 1. The third kappa shape index (κ3) is 4.75. The molecular formula is C15H21NO5. The largest absolute Gasteiger partial charge is 0.490 e. The number of rotatable bonds is 5. The Hall–Kier alpha value is -2.08. The number of nitrogens with one attached hydrogen (secondary N) is 1. The minimum Gasteiger partial charge on any atom is -0.490 e. The number of carbonyl (C=O) groups excluding carboxylic acids is 1. The predicted octanol–water partition coefficient (Wildman–Crippen LogP) is 1.31. The number of carboxylic acids is 1. The highest BCUT2D eigenvalue weighted by atomic mass is 16.5. The fraction of sp³-hybridized carbons (Fsp3) is 0.467. The number of amides is 1. The molecule has 1 amide bonds. The van der Waals surface area contributed by atoms with E-state index in [0.29, 0.717) is 11.3 Å². The van der Waals surface area contributed by atoms with Gasteiger partial charge in [0.1, 0.15) is 12.3 Å². The lowest BCUT2D eigenvalue weighted by Gasteiger charge is -2.16. The standard InChI is InChI=1S/C15H19NO4.H2O/c1-10-6-7-11(15(19)16-9-14(17)18)8-13(10)20-12-4-2-3-5-12;/h6-8,12H,2-5,9H2,1H3,(H,16,19)(H,17,18);1H2. The molecule has 0 aromatic heterocycles. The zero-order valence-electron chi connectivity index (χ0n) is 12.0. The minimum absolute atomic E-state index is 0. The molecule has 6 heteroatoms. The number of ether oxygens (including phenoxy) is 1. The molecule has 0 spiro atoms. The summed E-state index contributed by atoms with van der Waals surface area (Å²) in [6.07, 6.45) is 4.69. The summed E-state index contributed by atoms with van der Waals surface area (Å²) in [6, 6.07) is 5.18. The summed E-state index contributed by atoms with van der Waals surface area (Å²) in [5.41, 5.74) is 1.40. The van der Waals surface area contributed by atoms with Crippen molar-refractivity contribution in [2.75, 3.05) is 6.54 Å². The molecule has 0 radical (unpaired) electrons. The molecule has 1 aromatic rings. The van der Waals surface area contributed by atoms with Crippen LogP contribution in [0.5, 0.6) is 5.75 Å². The molecule has 0 aliphatic heterocycles. The van der Waals surface area contributed by atoms with Gasteiger partial charge in [0.05, 0.1) is 6.10 Å². The van der Waals surface area contributed by atoms with Crippen LogP contribution in [0.1, 0.15) is 41.6 Å². The number of carbonyl (C=O) groups is 2. The second-order valence-corrected chi connectivity index (χ2v) is 5.08. The van der Waals surface area contributed by atoms with Crippen molar-refractivity contribution in [2.24, 2.45) is 0 Å². The van der Waals surface area contributed by atoms with Crippen LogP contribution in [-0.4, -0.2) is 35.1 Å². The summed E-state index contributed by atoms with van der Waals surface area (Å²) >= 11 is 0. The molecule has 0 atom stereocenters. The zero-order valence-corrected chi connectivity index (χ0v) is 12.0. The van der Waals surface area contributed by atoms with Gasteiger partial charge in [0.25, 0.3) is 5.91 Å². The number of aliphatic carboxylic acids is 1. The van der Waals surface area contributed by atoms with Crippen LogP contribution in [-0.2, 0) is 4.79 Å². The molecule has 1 aromatic carbocycles. The van der Waals surface area contributed by atoms with Crippen molar-refractivity contribution < 1.29 is 24.9 Å². The van der Waals surface area contributed by atoms with Crippen LogP contribution < -0.4 is 10.1 Å². The topological polar surface area (TPSA) is 107 Å². The van der Waals surface area contributed by atoms with Crippen molar-refractivity contribution >= 4 is 11.9 Å². The van der Waals surface area contributed by atoms with E-state index in [-0.39, 0.29) is 18.1 Å². The molecule has 0 unspecified atom stereocenters. The second-order valence-electron chi connectivity index (χ2n) is 5.08. The van der Waals surface area contributed by atoms with Gasteiger partial charge in [-0.15, -0.1) is 0 Å².